The second-order valence-corrected chi connectivity index (χ2v) is 4.23. The van der Waals surface area contributed by atoms with Gasteiger partial charge in [-0.05, 0) is 31.9 Å². The van der Waals surface area contributed by atoms with Crippen molar-refractivity contribution in [3.8, 4) is 0 Å². The van der Waals surface area contributed by atoms with Crippen LogP contribution in [0, 0.1) is 0 Å². The summed E-state index contributed by atoms with van der Waals surface area (Å²) in [6.45, 7) is 2.83. The van der Waals surface area contributed by atoms with Crippen molar-refractivity contribution in [2.24, 2.45) is 5.73 Å². The maximum atomic E-state index is 11.5. The van der Waals surface area contributed by atoms with Gasteiger partial charge in [0, 0.05) is 12.2 Å². The molecule has 15 heavy (non-hydrogen) atoms. The predicted octanol–water partition coefficient (Wildman–Crippen LogP) is 1.53. The SMILES string of the molecule is CC1(C(N)=O)CCCN1c1ccccc1. The van der Waals surface area contributed by atoms with Gasteiger partial charge in [-0.25, -0.2) is 0 Å². The zero-order valence-electron chi connectivity index (χ0n) is 8.94. The molecule has 0 bridgehead atoms. The number of nitrogens with two attached hydrogens (primary N) is 1. The summed E-state index contributed by atoms with van der Waals surface area (Å²) in [5, 5.41) is 0. The van der Waals surface area contributed by atoms with E-state index in [2.05, 4.69) is 4.90 Å². The number of primary amides is 1. The van der Waals surface area contributed by atoms with Gasteiger partial charge in [-0.1, -0.05) is 18.2 Å². The molecule has 1 atom stereocenters. The Kier molecular flexibility index (Phi) is 2.39. The maximum absolute atomic E-state index is 11.5. The molecule has 1 aliphatic rings. The van der Waals surface area contributed by atoms with Crippen LogP contribution in [0.3, 0.4) is 0 Å². The van der Waals surface area contributed by atoms with Crippen molar-refractivity contribution in [3.05, 3.63) is 30.3 Å². The molecule has 80 valence electrons. The minimum atomic E-state index is -0.513. The van der Waals surface area contributed by atoms with Gasteiger partial charge in [0.15, 0.2) is 0 Å². The predicted molar refractivity (Wildman–Crippen MR) is 60.6 cm³/mol. The average Bonchev–Trinajstić information content (AvgIpc) is 2.63. The van der Waals surface area contributed by atoms with Gasteiger partial charge in [-0.2, -0.15) is 0 Å². The van der Waals surface area contributed by atoms with E-state index in [-0.39, 0.29) is 5.91 Å². The van der Waals surface area contributed by atoms with Crippen molar-refractivity contribution < 1.29 is 4.79 Å². The van der Waals surface area contributed by atoms with Gasteiger partial charge in [0.05, 0.1) is 0 Å². The molecule has 3 nitrogen and oxygen atoms in total. The fraction of sp³-hybridized carbons (Fsp3) is 0.417. The topological polar surface area (TPSA) is 46.3 Å². The first-order valence-electron chi connectivity index (χ1n) is 5.27. The van der Waals surface area contributed by atoms with E-state index in [0.717, 1.165) is 25.1 Å². The quantitative estimate of drug-likeness (QED) is 0.794. The largest absolute Gasteiger partial charge is 0.368 e. The normalized spacial score (nSPS) is 25.5. The summed E-state index contributed by atoms with van der Waals surface area (Å²) in [5.41, 5.74) is 6.05. The average molecular weight is 204 g/mol. The van der Waals surface area contributed by atoms with Crippen LogP contribution in [0.15, 0.2) is 30.3 Å². The van der Waals surface area contributed by atoms with Gasteiger partial charge in [-0.3, -0.25) is 4.79 Å². The molecule has 2 N–H and O–H groups in total. The van der Waals surface area contributed by atoms with Crippen LogP contribution in [-0.2, 0) is 4.79 Å². The highest BCUT2D eigenvalue weighted by molar-refractivity contribution is 5.88. The van der Waals surface area contributed by atoms with E-state index in [9.17, 15) is 4.79 Å². The van der Waals surface area contributed by atoms with E-state index in [0.29, 0.717) is 0 Å². The molecule has 0 aliphatic carbocycles. The number of hydrogen-bond donors (Lipinski definition) is 1. The number of rotatable bonds is 2. The zero-order chi connectivity index (χ0) is 10.9. The van der Waals surface area contributed by atoms with E-state index in [1.807, 2.05) is 37.3 Å². The smallest absolute Gasteiger partial charge is 0.243 e. The van der Waals surface area contributed by atoms with Crippen molar-refractivity contribution in [1.29, 1.82) is 0 Å². The lowest BCUT2D eigenvalue weighted by atomic mass is 9.97. The van der Waals surface area contributed by atoms with Crippen LogP contribution in [-0.4, -0.2) is 18.0 Å². The van der Waals surface area contributed by atoms with Crippen molar-refractivity contribution in [2.45, 2.75) is 25.3 Å². The summed E-state index contributed by atoms with van der Waals surface area (Å²) in [5.74, 6) is -0.233. The number of anilines is 1. The molecular weight excluding hydrogens is 188 g/mol. The molecule has 0 radical (unpaired) electrons. The van der Waals surface area contributed by atoms with Crippen LogP contribution in [0.1, 0.15) is 19.8 Å². The summed E-state index contributed by atoms with van der Waals surface area (Å²) in [7, 11) is 0. The lowest BCUT2D eigenvalue weighted by Gasteiger charge is -2.34. The Morgan fingerprint density at radius 1 is 1.40 bits per heavy atom. The van der Waals surface area contributed by atoms with Crippen LogP contribution in [0.25, 0.3) is 0 Å². The molecule has 1 heterocycles. The molecule has 1 aromatic rings. The van der Waals surface area contributed by atoms with Crippen LogP contribution in [0.2, 0.25) is 0 Å². The Labute approximate surface area is 89.9 Å². The highest BCUT2D eigenvalue weighted by atomic mass is 16.1. The van der Waals surface area contributed by atoms with Gasteiger partial charge < -0.3 is 10.6 Å². The lowest BCUT2D eigenvalue weighted by molar-refractivity contribution is -0.122. The zero-order valence-corrected chi connectivity index (χ0v) is 8.94. The van der Waals surface area contributed by atoms with Crippen molar-refractivity contribution in [3.63, 3.8) is 0 Å². The number of carbonyl (C=O) groups is 1. The molecular formula is C12H16N2O. The van der Waals surface area contributed by atoms with Crippen LogP contribution in [0.5, 0.6) is 0 Å². The first kappa shape index (κ1) is 10.0. The number of para-hydroxylation sites is 1. The number of amides is 1. The van der Waals surface area contributed by atoms with Gasteiger partial charge in [-0.15, -0.1) is 0 Å². The van der Waals surface area contributed by atoms with Crippen molar-refractivity contribution in [1.82, 2.24) is 0 Å². The molecule has 2 rings (SSSR count). The Bertz CT molecular complexity index is 363. The number of benzene rings is 1. The minimum absolute atomic E-state index is 0.233. The van der Waals surface area contributed by atoms with Gasteiger partial charge in [0.2, 0.25) is 5.91 Å². The summed E-state index contributed by atoms with van der Waals surface area (Å²) >= 11 is 0. The maximum Gasteiger partial charge on any atom is 0.243 e. The molecule has 0 spiro atoms. The highest BCUT2D eigenvalue weighted by Gasteiger charge is 2.41. The Morgan fingerprint density at radius 2 is 2.07 bits per heavy atom. The Balaban J connectivity index is 2.34. The third kappa shape index (κ3) is 1.58. The van der Waals surface area contributed by atoms with E-state index in [1.165, 1.54) is 0 Å². The third-order valence-corrected chi connectivity index (χ3v) is 3.24. The molecule has 1 aliphatic heterocycles. The minimum Gasteiger partial charge on any atom is -0.368 e. The molecule has 0 aromatic heterocycles. The molecule has 1 aromatic carbocycles. The summed E-state index contributed by atoms with van der Waals surface area (Å²) in [6.07, 6.45) is 1.87. The van der Waals surface area contributed by atoms with Crippen LogP contribution < -0.4 is 10.6 Å². The second-order valence-electron chi connectivity index (χ2n) is 4.23. The van der Waals surface area contributed by atoms with Gasteiger partial charge in [0.25, 0.3) is 0 Å². The lowest BCUT2D eigenvalue weighted by Crippen LogP contribution is -2.51. The van der Waals surface area contributed by atoms with Crippen LogP contribution >= 0.6 is 0 Å². The first-order valence-corrected chi connectivity index (χ1v) is 5.27. The van der Waals surface area contributed by atoms with Crippen LogP contribution in [0.4, 0.5) is 5.69 Å². The standard InChI is InChI=1S/C12H16N2O/c1-12(11(13)15)8-5-9-14(12)10-6-3-2-4-7-10/h2-4,6-7H,5,8-9H2,1H3,(H2,13,15). The Hall–Kier alpha value is -1.51. The summed E-state index contributed by atoms with van der Waals surface area (Å²) in [6, 6.07) is 9.98. The fourth-order valence-electron chi connectivity index (χ4n) is 2.24. The van der Waals surface area contributed by atoms with Gasteiger partial charge in [0.1, 0.15) is 5.54 Å². The fourth-order valence-corrected chi connectivity index (χ4v) is 2.24. The highest BCUT2D eigenvalue weighted by Crippen LogP contribution is 2.33. The first-order chi connectivity index (χ1) is 7.14. The molecule has 1 amide bonds. The second kappa shape index (κ2) is 3.57. The third-order valence-electron chi connectivity index (χ3n) is 3.24. The summed E-state index contributed by atoms with van der Waals surface area (Å²) < 4.78 is 0. The van der Waals surface area contributed by atoms with E-state index < -0.39 is 5.54 Å². The van der Waals surface area contributed by atoms with Crippen molar-refractivity contribution in [2.75, 3.05) is 11.4 Å². The number of hydrogen-bond acceptors (Lipinski definition) is 2. The molecule has 1 fully saturated rings. The van der Waals surface area contributed by atoms with E-state index >= 15 is 0 Å². The molecule has 3 heteroatoms. The molecule has 1 saturated heterocycles. The number of carbonyl (C=O) groups excluding carboxylic acids is 1. The molecule has 1 unspecified atom stereocenters. The van der Waals surface area contributed by atoms with E-state index in [4.69, 9.17) is 5.73 Å². The molecule has 0 saturated carbocycles. The van der Waals surface area contributed by atoms with Gasteiger partial charge >= 0.3 is 0 Å². The number of nitrogens with zero attached hydrogens (tertiary/aromatic N) is 1. The van der Waals surface area contributed by atoms with E-state index in [1.54, 1.807) is 0 Å². The Morgan fingerprint density at radius 3 is 2.67 bits per heavy atom. The summed E-state index contributed by atoms with van der Waals surface area (Å²) in [4.78, 5) is 13.6. The van der Waals surface area contributed by atoms with Crippen molar-refractivity contribution >= 4 is 11.6 Å². The monoisotopic (exact) mass is 204 g/mol.